The maximum absolute atomic E-state index is 11.7. The third-order valence-electron chi connectivity index (χ3n) is 2.92. The maximum atomic E-state index is 11.7. The molecule has 0 spiro atoms. The van der Waals surface area contributed by atoms with E-state index in [0.717, 1.165) is 16.2 Å². The Morgan fingerprint density at radius 1 is 1.26 bits per heavy atom. The lowest BCUT2D eigenvalue weighted by molar-refractivity contribution is 0.415. The molecule has 2 heterocycles. The maximum Gasteiger partial charge on any atom is 0.256 e. The fourth-order valence-corrected chi connectivity index (χ4v) is 3.00. The summed E-state index contributed by atoms with van der Waals surface area (Å²) in [6.45, 7) is 0. The number of aromatic hydroxyl groups is 1. The quantitative estimate of drug-likeness (QED) is 0.754. The van der Waals surface area contributed by atoms with E-state index < -0.39 is 0 Å². The third kappa shape index (κ3) is 1.98. The number of fused-ring (bicyclic) bond motifs is 1. The zero-order valence-electron chi connectivity index (χ0n) is 10.1. The van der Waals surface area contributed by atoms with Gasteiger partial charge in [-0.25, -0.2) is 0 Å². The van der Waals surface area contributed by atoms with E-state index in [-0.39, 0.29) is 11.3 Å². The Bertz CT molecular complexity index is 787. The molecular weight excluding hydrogens is 262 g/mol. The second kappa shape index (κ2) is 4.44. The standard InChI is InChI=1S/C14H11NO3S/c1-18-9-4-2-8(3-5-9)12-6-10-13(19-12)11(16)7-15-14(10)17/h2-7,16H,1H3,(H,15,17). The fourth-order valence-electron chi connectivity index (χ4n) is 1.92. The number of H-pyrrole nitrogens is 1. The van der Waals surface area contributed by atoms with Crippen LogP contribution in [-0.2, 0) is 0 Å². The molecule has 0 saturated carbocycles. The van der Waals surface area contributed by atoms with Crippen LogP contribution in [0.5, 0.6) is 11.5 Å². The van der Waals surface area contributed by atoms with E-state index in [1.165, 1.54) is 17.5 Å². The monoisotopic (exact) mass is 273 g/mol. The third-order valence-corrected chi connectivity index (χ3v) is 4.13. The molecule has 0 amide bonds. The number of methoxy groups -OCH3 is 1. The van der Waals surface area contributed by atoms with Crippen molar-refractivity contribution in [1.82, 2.24) is 4.98 Å². The Hall–Kier alpha value is -2.27. The van der Waals surface area contributed by atoms with Gasteiger partial charge in [-0.2, -0.15) is 0 Å². The van der Waals surface area contributed by atoms with Crippen molar-refractivity contribution in [3.05, 3.63) is 46.9 Å². The SMILES string of the molecule is COc1ccc(-c2cc3c(=O)[nH]cc(O)c3s2)cc1. The highest BCUT2D eigenvalue weighted by atomic mass is 32.1. The molecule has 0 fully saturated rings. The number of hydrogen-bond donors (Lipinski definition) is 2. The molecular formula is C14H11NO3S. The molecule has 0 radical (unpaired) electrons. The zero-order chi connectivity index (χ0) is 13.4. The minimum Gasteiger partial charge on any atom is -0.505 e. The van der Waals surface area contributed by atoms with Crippen LogP contribution >= 0.6 is 11.3 Å². The van der Waals surface area contributed by atoms with Crippen molar-refractivity contribution >= 4 is 21.4 Å². The number of ether oxygens (including phenoxy) is 1. The van der Waals surface area contributed by atoms with Crippen molar-refractivity contribution < 1.29 is 9.84 Å². The van der Waals surface area contributed by atoms with Crippen molar-refractivity contribution in [2.75, 3.05) is 7.11 Å². The van der Waals surface area contributed by atoms with Gasteiger partial charge >= 0.3 is 0 Å². The van der Waals surface area contributed by atoms with Crippen molar-refractivity contribution in [3.63, 3.8) is 0 Å². The van der Waals surface area contributed by atoms with E-state index in [9.17, 15) is 9.90 Å². The second-order valence-corrected chi connectivity index (χ2v) is 5.14. The molecule has 2 aromatic heterocycles. The minimum absolute atomic E-state index is 0.0966. The van der Waals surface area contributed by atoms with Gasteiger partial charge in [-0.05, 0) is 35.9 Å². The summed E-state index contributed by atoms with van der Waals surface area (Å²) in [5.74, 6) is 0.880. The van der Waals surface area contributed by atoms with Crippen LogP contribution in [0.2, 0.25) is 0 Å². The van der Waals surface area contributed by atoms with Gasteiger partial charge in [0.25, 0.3) is 5.56 Å². The lowest BCUT2D eigenvalue weighted by atomic mass is 10.1. The average Bonchev–Trinajstić information content (AvgIpc) is 2.89. The van der Waals surface area contributed by atoms with Crippen LogP contribution in [0.3, 0.4) is 0 Å². The Morgan fingerprint density at radius 3 is 2.63 bits per heavy atom. The van der Waals surface area contributed by atoms with E-state index in [1.54, 1.807) is 13.2 Å². The van der Waals surface area contributed by atoms with E-state index in [2.05, 4.69) is 4.98 Å². The molecule has 0 bridgehead atoms. The summed E-state index contributed by atoms with van der Waals surface area (Å²) in [5.41, 5.74) is 0.796. The Balaban J connectivity index is 2.17. The molecule has 3 aromatic rings. The molecule has 3 rings (SSSR count). The number of thiophene rings is 1. The Morgan fingerprint density at radius 2 is 2.00 bits per heavy atom. The largest absolute Gasteiger partial charge is 0.505 e. The van der Waals surface area contributed by atoms with Crippen LogP contribution in [-0.4, -0.2) is 17.2 Å². The van der Waals surface area contributed by atoms with Crippen LogP contribution in [0.1, 0.15) is 0 Å². The van der Waals surface area contributed by atoms with Crippen LogP contribution < -0.4 is 10.3 Å². The van der Waals surface area contributed by atoms with E-state index in [0.29, 0.717) is 10.1 Å². The molecule has 19 heavy (non-hydrogen) atoms. The summed E-state index contributed by atoms with van der Waals surface area (Å²) in [4.78, 5) is 15.1. The first-order valence-electron chi connectivity index (χ1n) is 5.67. The second-order valence-electron chi connectivity index (χ2n) is 4.08. The molecule has 0 aliphatic heterocycles. The zero-order valence-corrected chi connectivity index (χ0v) is 11.0. The summed E-state index contributed by atoms with van der Waals surface area (Å²) in [6, 6.07) is 9.37. The van der Waals surface area contributed by atoms with Gasteiger partial charge in [0.15, 0.2) is 0 Å². The number of hydrogen-bond acceptors (Lipinski definition) is 4. The fraction of sp³-hybridized carbons (Fsp3) is 0.0714. The average molecular weight is 273 g/mol. The van der Waals surface area contributed by atoms with Crippen molar-refractivity contribution in [3.8, 4) is 21.9 Å². The predicted molar refractivity (Wildman–Crippen MR) is 76.1 cm³/mol. The summed E-state index contributed by atoms with van der Waals surface area (Å²) in [5, 5.41) is 10.3. The molecule has 0 aliphatic rings. The number of nitrogens with one attached hydrogen (secondary N) is 1. The summed E-state index contributed by atoms with van der Waals surface area (Å²) < 4.78 is 5.72. The van der Waals surface area contributed by atoms with E-state index in [4.69, 9.17) is 4.74 Å². The summed E-state index contributed by atoms with van der Waals surface area (Å²) >= 11 is 1.39. The highest BCUT2D eigenvalue weighted by molar-refractivity contribution is 7.22. The van der Waals surface area contributed by atoms with Crippen molar-refractivity contribution in [2.24, 2.45) is 0 Å². The van der Waals surface area contributed by atoms with Crippen molar-refractivity contribution in [2.45, 2.75) is 0 Å². The van der Waals surface area contributed by atoms with Crippen LogP contribution in [0.25, 0.3) is 20.5 Å². The molecule has 4 nitrogen and oxygen atoms in total. The van der Waals surface area contributed by atoms with Gasteiger partial charge in [-0.15, -0.1) is 11.3 Å². The number of pyridine rings is 1. The van der Waals surface area contributed by atoms with Gasteiger partial charge in [-0.1, -0.05) is 0 Å². The molecule has 96 valence electrons. The lowest BCUT2D eigenvalue weighted by Gasteiger charge is -2.00. The van der Waals surface area contributed by atoms with Gasteiger partial charge in [0, 0.05) is 11.1 Å². The topological polar surface area (TPSA) is 62.3 Å². The molecule has 0 unspecified atom stereocenters. The first-order valence-corrected chi connectivity index (χ1v) is 6.49. The summed E-state index contributed by atoms with van der Waals surface area (Å²) in [6.07, 6.45) is 1.32. The molecule has 0 atom stereocenters. The van der Waals surface area contributed by atoms with Gasteiger partial charge in [0.2, 0.25) is 0 Å². The van der Waals surface area contributed by atoms with Crippen LogP contribution in [0.4, 0.5) is 0 Å². The highest BCUT2D eigenvalue weighted by Crippen LogP contribution is 2.36. The molecule has 0 aliphatic carbocycles. The van der Waals surface area contributed by atoms with Gasteiger partial charge < -0.3 is 14.8 Å². The van der Waals surface area contributed by atoms with Crippen LogP contribution in [0, 0.1) is 0 Å². The lowest BCUT2D eigenvalue weighted by Crippen LogP contribution is -2.02. The van der Waals surface area contributed by atoms with E-state index >= 15 is 0 Å². The van der Waals surface area contributed by atoms with Gasteiger partial charge in [-0.3, -0.25) is 4.79 Å². The number of rotatable bonds is 2. The highest BCUT2D eigenvalue weighted by Gasteiger charge is 2.10. The molecule has 1 aromatic carbocycles. The first-order chi connectivity index (χ1) is 9.19. The van der Waals surface area contributed by atoms with Crippen LogP contribution in [0.15, 0.2) is 41.3 Å². The normalized spacial score (nSPS) is 10.8. The molecule has 2 N–H and O–H groups in total. The number of aromatic nitrogens is 1. The number of aromatic amines is 1. The smallest absolute Gasteiger partial charge is 0.256 e. The predicted octanol–water partition coefficient (Wildman–Crippen LogP) is 2.97. The molecule has 5 heteroatoms. The van der Waals surface area contributed by atoms with Gasteiger partial charge in [0.1, 0.15) is 11.5 Å². The van der Waals surface area contributed by atoms with Gasteiger partial charge in [0.05, 0.1) is 17.2 Å². The Labute approximate surface area is 112 Å². The Kier molecular flexibility index (Phi) is 2.76. The summed E-state index contributed by atoms with van der Waals surface area (Å²) in [7, 11) is 1.62. The number of benzene rings is 1. The molecule has 0 saturated heterocycles. The van der Waals surface area contributed by atoms with E-state index in [1.807, 2.05) is 24.3 Å². The minimum atomic E-state index is -0.191. The van der Waals surface area contributed by atoms with Crippen molar-refractivity contribution in [1.29, 1.82) is 0 Å². The first kappa shape index (κ1) is 11.8.